The summed E-state index contributed by atoms with van der Waals surface area (Å²) in [5.41, 5.74) is 0.710. The molecule has 4 aliphatic rings. The molecule has 0 aromatic carbocycles. The van der Waals surface area contributed by atoms with E-state index in [0.29, 0.717) is 11.5 Å². The van der Waals surface area contributed by atoms with E-state index in [-0.39, 0.29) is 0 Å². The summed E-state index contributed by atoms with van der Waals surface area (Å²) in [6.07, 6.45) is 13.0. The first-order valence-corrected chi connectivity index (χ1v) is 8.30. The highest BCUT2D eigenvalue weighted by molar-refractivity contribution is 5.03. The maximum absolute atomic E-state index is 3.57. The van der Waals surface area contributed by atoms with Crippen LogP contribution in [0.25, 0.3) is 0 Å². The number of hydrogen-bond acceptors (Lipinski definition) is 1. The molecule has 0 radical (unpaired) electrons. The van der Waals surface area contributed by atoms with Crippen LogP contribution in [0.5, 0.6) is 0 Å². The van der Waals surface area contributed by atoms with Crippen LogP contribution in [0.2, 0.25) is 0 Å². The standard InChI is InChI=1S/C18H29N/c1-3-4-5-6-17(19-2)13-18-10-14-7-15(11-18)9-16(8-14)12-18/h14-17,19H,5-13H2,1-2H3. The van der Waals surface area contributed by atoms with Crippen LogP contribution in [0.15, 0.2) is 0 Å². The highest BCUT2D eigenvalue weighted by Gasteiger charge is 2.51. The minimum absolute atomic E-state index is 0.692. The molecule has 0 saturated heterocycles. The van der Waals surface area contributed by atoms with Crippen LogP contribution < -0.4 is 5.32 Å². The molecule has 1 nitrogen and oxygen atoms in total. The van der Waals surface area contributed by atoms with Gasteiger partial charge in [-0.05, 0) is 88.5 Å². The van der Waals surface area contributed by atoms with Gasteiger partial charge >= 0.3 is 0 Å². The van der Waals surface area contributed by atoms with Crippen molar-refractivity contribution in [1.82, 2.24) is 5.32 Å². The van der Waals surface area contributed by atoms with E-state index in [2.05, 4.69) is 24.2 Å². The van der Waals surface area contributed by atoms with Crippen molar-refractivity contribution in [2.75, 3.05) is 7.05 Å². The molecule has 4 fully saturated rings. The molecule has 0 aromatic rings. The normalized spacial score (nSPS) is 40.8. The predicted molar refractivity (Wildman–Crippen MR) is 80.8 cm³/mol. The molecular weight excluding hydrogens is 230 g/mol. The zero-order valence-corrected chi connectivity index (χ0v) is 12.7. The monoisotopic (exact) mass is 259 g/mol. The van der Waals surface area contributed by atoms with Crippen LogP contribution in [-0.2, 0) is 0 Å². The molecule has 1 N–H and O–H groups in total. The number of rotatable bonds is 5. The molecule has 4 saturated carbocycles. The van der Waals surface area contributed by atoms with E-state index in [1.54, 1.807) is 19.3 Å². The van der Waals surface area contributed by atoms with Crippen molar-refractivity contribution < 1.29 is 0 Å². The lowest BCUT2D eigenvalue weighted by atomic mass is 9.48. The van der Waals surface area contributed by atoms with Gasteiger partial charge in [-0.15, -0.1) is 11.8 Å². The third-order valence-electron chi connectivity index (χ3n) is 6.05. The van der Waals surface area contributed by atoms with Gasteiger partial charge in [0.2, 0.25) is 0 Å². The first-order chi connectivity index (χ1) is 9.23. The van der Waals surface area contributed by atoms with Gasteiger partial charge in [-0.1, -0.05) is 0 Å². The number of hydrogen-bond donors (Lipinski definition) is 1. The van der Waals surface area contributed by atoms with Crippen molar-refractivity contribution in [2.45, 2.75) is 70.8 Å². The van der Waals surface area contributed by atoms with E-state index in [0.717, 1.165) is 24.2 Å². The molecular formula is C18H29N. The second-order valence-electron chi connectivity index (χ2n) is 7.57. The summed E-state index contributed by atoms with van der Waals surface area (Å²) in [4.78, 5) is 0. The molecule has 1 heteroatoms. The van der Waals surface area contributed by atoms with Crippen LogP contribution in [0.4, 0.5) is 0 Å². The zero-order valence-electron chi connectivity index (χ0n) is 12.7. The second-order valence-corrected chi connectivity index (χ2v) is 7.57. The molecule has 0 amide bonds. The molecule has 1 unspecified atom stereocenters. The Bertz CT molecular complexity index is 338. The van der Waals surface area contributed by atoms with Crippen molar-refractivity contribution in [1.29, 1.82) is 0 Å². The Morgan fingerprint density at radius 1 is 1.11 bits per heavy atom. The van der Waals surface area contributed by atoms with E-state index in [1.807, 2.05) is 6.92 Å². The third-order valence-corrected chi connectivity index (χ3v) is 6.05. The SMILES string of the molecule is CC#CCCC(CC12CC3CC(CC(C3)C1)C2)NC. The molecule has 0 heterocycles. The molecule has 0 aromatic heterocycles. The van der Waals surface area contributed by atoms with Crippen molar-refractivity contribution in [3.63, 3.8) is 0 Å². The van der Waals surface area contributed by atoms with Gasteiger partial charge in [0.1, 0.15) is 0 Å². The Morgan fingerprint density at radius 3 is 2.16 bits per heavy atom. The summed E-state index contributed by atoms with van der Waals surface area (Å²) in [5, 5.41) is 3.57. The topological polar surface area (TPSA) is 12.0 Å². The molecule has 4 rings (SSSR count). The van der Waals surface area contributed by atoms with Crippen LogP contribution in [0, 0.1) is 35.0 Å². The van der Waals surface area contributed by atoms with Gasteiger partial charge in [-0.25, -0.2) is 0 Å². The fourth-order valence-corrected chi connectivity index (χ4v) is 5.78. The average molecular weight is 259 g/mol. The summed E-state index contributed by atoms with van der Waals surface area (Å²) < 4.78 is 0. The summed E-state index contributed by atoms with van der Waals surface area (Å²) in [5.74, 6) is 9.51. The molecule has 0 spiro atoms. The molecule has 4 aliphatic carbocycles. The average Bonchev–Trinajstić information content (AvgIpc) is 2.36. The van der Waals surface area contributed by atoms with Gasteiger partial charge in [0.05, 0.1) is 0 Å². The highest BCUT2D eigenvalue weighted by Crippen LogP contribution is 2.61. The van der Waals surface area contributed by atoms with Crippen molar-refractivity contribution in [3.8, 4) is 11.8 Å². The Hall–Kier alpha value is -0.480. The lowest BCUT2D eigenvalue weighted by Crippen LogP contribution is -2.48. The first kappa shape index (κ1) is 13.5. The lowest BCUT2D eigenvalue weighted by Gasteiger charge is -2.57. The predicted octanol–water partition coefficient (Wildman–Crippen LogP) is 3.98. The van der Waals surface area contributed by atoms with Crippen LogP contribution in [0.3, 0.4) is 0 Å². The fourth-order valence-electron chi connectivity index (χ4n) is 5.78. The van der Waals surface area contributed by atoms with Crippen LogP contribution in [-0.4, -0.2) is 13.1 Å². The zero-order chi connectivity index (χ0) is 13.3. The van der Waals surface area contributed by atoms with Gasteiger partial charge in [-0.2, -0.15) is 0 Å². The highest BCUT2D eigenvalue weighted by atomic mass is 14.9. The maximum Gasteiger partial charge on any atom is 0.0103 e. The molecule has 19 heavy (non-hydrogen) atoms. The van der Waals surface area contributed by atoms with E-state index >= 15 is 0 Å². The van der Waals surface area contributed by atoms with Gasteiger partial charge in [0, 0.05) is 12.5 Å². The van der Waals surface area contributed by atoms with Crippen molar-refractivity contribution in [2.24, 2.45) is 23.2 Å². The Morgan fingerprint density at radius 2 is 1.68 bits per heavy atom. The summed E-state index contributed by atoms with van der Waals surface area (Å²) in [6, 6.07) is 0.692. The fraction of sp³-hybridized carbons (Fsp3) is 0.889. The minimum atomic E-state index is 0.692. The smallest absolute Gasteiger partial charge is 0.0103 e. The van der Waals surface area contributed by atoms with Gasteiger partial charge in [0.25, 0.3) is 0 Å². The molecule has 1 atom stereocenters. The summed E-state index contributed by atoms with van der Waals surface area (Å²) in [6.45, 7) is 1.95. The first-order valence-electron chi connectivity index (χ1n) is 8.30. The quantitative estimate of drug-likeness (QED) is 0.736. The van der Waals surface area contributed by atoms with Gasteiger partial charge < -0.3 is 5.32 Å². The molecule has 0 aliphatic heterocycles. The van der Waals surface area contributed by atoms with E-state index < -0.39 is 0 Å². The molecule has 4 bridgehead atoms. The van der Waals surface area contributed by atoms with Crippen LogP contribution >= 0.6 is 0 Å². The molecule has 106 valence electrons. The van der Waals surface area contributed by atoms with Crippen LogP contribution in [0.1, 0.15) is 64.7 Å². The Kier molecular flexibility index (Phi) is 3.90. The summed E-state index contributed by atoms with van der Waals surface area (Å²) in [7, 11) is 2.14. The van der Waals surface area contributed by atoms with Crippen molar-refractivity contribution in [3.05, 3.63) is 0 Å². The van der Waals surface area contributed by atoms with Gasteiger partial charge in [-0.3, -0.25) is 0 Å². The maximum atomic E-state index is 3.57. The number of nitrogens with one attached hydrogen (secondary N) is 1. The third kappa shape index (κ3) is 2.84. The Balaban J connectivity index is 1.62. The largest absolute Gasteiger partial charge is 0.317 e. The van der Waals surface area contributed by atoms with E-state index in [9.17, 15) is 0 Å². The summed E-state index contributed by atoms with van der Waals surface area (Å²) >= 11 is 0. The van der Waals surface area contributed by atoms with Gasteiger partial charge in [0.15, 0.2) is 0 Å². The lowest BCUT2D eigenvalue weighted by molar-refractivity contribution is -0.0619. The van der Waals surface area contributed by atoms with E-state index in [1.165, 1.54) is 32.1 Å². The van der Waals surface area contributed by atoms with Crippen molar-refractivity contribution >= 4 is 0 Å². The Labute approximate surface area is 118 Å². The second kappa shape index (κ2) is 5.49. The van der Waals surface area contributed by atoms with E-state index in [4.69, 9.17) is 0 Å². The minimum Gasteiger partial charge on any atom is -0.317 e.